The number of hydrogen-bond acceptors (Lipinski definition) is 5. The van der Waals surface area contributed by atoms with Gasteiger partial charge in [0.15, 0.2) is 0 Å². The van der Waals surface area contributed by atoms with E-state index >= 15 is 0 Å². The lowest BCUT2D eigenvalue weighted by molar-refractivity contribution is -0.139. The first-order valence-corrected chi connectivity index (χ1v) is 8.71. The predicted octanol–water partition coefficient (Wildman–Crippen LogP) is 4.27. The SMILES string of the molecule is CCC(C)C(Nc1ncnc2sc(-c3ccccc3)cc12)C(=O)O. The van der Waals surface area contributed by atoms with E-state index in [-0.39, 0.29) is 5.92 Å². The van der Waals surface area contributed by atoms with Gasteiger partial charge in [0.05, 0.1) is 5.39 Å². The Bertz CT molecular complexity index is 848. The molecule has 2 unspecified atom stereocenters. The molecule has 0 amide bonds. The fourth-order valence-corrected chi connectivity index (χ4v) is 3.55. The number of nitrogens with zero attached hydrogens (tertiary/aromatic N) is 2. The molecule has 0 radical (unpaired) electrons. The summed E-state index contributed by atoms with van der Waals surface area (Å²) in [6, 6.07) is 11.4. The monoisotopic (exact) mass is 341 g/mol. The maximum absolute atomic E-state index is 11.6. The van der Waals surface area contributed by atoms with Crippen molar-refractivity contribution in [3.8, 4) is 10.4 Å². The topological polar surface area (TPSA) is 75.1 Å². The molecular formula is C18H19N3O2S. The highest BCUT2D eigenvalue weighted by Gasteiger charge is 2.24. The zero-order valence-corrected chi connectivity index (χ0v) is 14.4. The molecule has 5 nitrogen and oxygen atoms in total. The van der Waals surface area contributed by atoms with Crippen LogP contribution in [0, 0.1) is 5.92 Å². The number of aliphatic carboxylic acids is 1. The molecule has 0 aliphatic rings. The lowest BCUT2D eigenvalue weighted by atomic mass is 9.99. The number of carbonyl (C=O) groups is 1. The van der Waals surface area contributed by atoms with E-state index in [4.69, 9.17) is 0 Å². The predicted molar refractivity (Wildman–Crippen MR) is 97.4 cm³/mol. The van der Waals surface area contributed by atoms with Gasteiger partial charge < -0.3 is 10.4 Å². The minimum Gasteiger partial charge on any atom is -0.480 e. The molecule has 3 aromatic rings. The number of rotatable bonds is 6. The van der Waals surface area contributed by atoms with Crippen LogP contribution in [0.5, 0.6) is 0 Å². The van der Waals surface area contributed by atoms with Gasteiger partial charge in [0, 0.05) is 4.88 Å². The third kappa shape index (κ3) is 3.23. The van der Waals surface area contributed by atoms with E-state index in [1.54, 1.807) is 11.3 Å². The summed E-state index contributed by atoms with van der Waals surface area (Å²) in [6.45, 7) is 3.91. The highest BCUT2D eigenvalue weighted by atomic mass is 32.1. The number of anilines is 1. The second-order valence-corrected chi connectivity index (χ2v) is 6.79. The molecule has 2 N–H and O–H groups in total. The maximum atomic E-state index is 11.6. The molecule has 3 rings (SSSR count). The number of carboxylic acid groups (broad SMARTS) is 1. The van der Waals surface area contributed by atoms with Crippen molar-refractivity contribution >= 4 is 33.3 Å². The molecule has 0 spiro atoms. The van der Waals surface area contributed by atoms with Gasteiger partial charge in [0.1, 0.15) is 23.0 Å². The van der Waals surface area contributed by atoms with E-state index in [9.17, 15) is 9.90 Å². The van der Waals surface area contributed by atoms with Crippen LogP contribution in [-0.2, 0) is 4.79 Å². The lowest BCUT2D eigenvalue weighted by Gasteiger charge is -2.20. The molecule has 0 bridgehead atoms. The summed E-state index contributed by atoms with van der Waals surface area (Å²) in [5.41, 5.74) is 1.11. The third-order valence-corrected chi connectivity index (χ3v) is 5.25. The molecule has 0 aliphatic carbocycles. The van der Waals surface area contributed by atoms with Crippen molar-refractivity contribution in [1.82, 2.24) is 9.97 Å². The van der Waals surface area contributed by atoms with Gasteiger partial charge in [-0.2, -0.15) is 0 Å². The van der Waals surface area contributed by atoms with E-state index in [0.29, 0.717) is 5.82 Å². The fraction of sp³-hybridized carbons (Fsp3) is 0.278. The zero-order valence-electron chi connectivity index (χ0n) is 13.6. The lowest BCUT2D eigenvalue weighted by Crippen LogP contribution is -2.35. The summed E-state index contributed by atoms with van der Waals surface area (Å²) in [5, 5.41) is 13.4. The van der Waals surface area contributed by atoms with Gasteiger partial charge in [-0.25, -0.2) is 14.8 Å². The molecule has 1 aromatic carbocycles. The van der Waals surface area contributed by atoms with Crippen LogP contribution in [-0.4, -0.2) is 27.1 Å². The highest BCUT2D eigenvalue weighted by Crippen LogP contribution is 2.35. The van der Waals surface area contributed by atoms with Crippen LogP contribution in [0.1, 0.15) is 20.3 Å². The van der Waals surface area contributed by atoms with Gasteiger partial charge >= 0.3 is 5.97 Å². The summed E-state index contributed by atoms with van der Waals surface area (Å²) in [6.07, 6.45) is 2.25. The summed E-state index contributed by atoms with van der Waals surface area (Å²) < 4.78 is 0. The van der Waals surface area contributed by atoms with Crippen LogP contribution in [0.3, 0.4) is 0 Å². The number of aromatic nitrogens is 2. The van der Waals surface area contributed by atoms with Crippen molar-refractivity contribution in [1.29, 1.82) is 0 Å². The van der Waals surface area contributed by atoms with Crippen LogP contribution in [0.2, 0.25) is 0 Å². The summed E-state index contributed by atoms with van der Waals surface area (Å²) in [4.78, 5) is 22.1. The molecule has 24 heavy (non-hydrogen) atoms. The first-order chi connectivity index (χ1) is 11.6. The molecular weight excluding hydrogens is 322 g/mol. The number of fused-ring (bicyclic) bond motifs is 1. The Hall–Kier alpha value is -2.47. The van der Waals surface area contributed by atoms with Crippen molar-refractivity contribution in [2.45, 2.75) is 26.3 Å². The average Bonchev–Trinajstić information content (AvgIpc) is 3.04. The molecule has 0 aliphatic heterocycles. The molecule has 0 fully saturated rings. The molecule has 2 atom stereocenters. The summed E-state index contributed by atoms with van der Waals surface area (Å²) >= 11 is 1.58. The van der Waals surface area contributed by atoms with Crippen LogP contribution >= 0.6 is 11.3 Å². The zero-order chi connectivity index (χ0) is 17.1. The van der Waals surface area contributed by atoms with Crippen molar-refractivity contribution in [3.05, 3.63) is 42.7 Å². The Morgan fingerprint density at radius 3 is 2.71 bits per heavy atom. The van der Waals surface area contributed by atoms with Gasteiger partial charge in [0.2, 0.25) is 0 Å². The number of nitrogens with one attached hydrogen (secondary N) is 1. The number of carboxylic acids is 1. The first-order valence-electron chi connectivity index (χ1n) is 7.89. The molecule has 124 valence electrons. The number of benzene rings is 1. The Morgan fingerprint density at radius 2 is 2.04 bits per heavy atom. The molecule has 0 saturated heterocycles. The van der Waals surface area contributed by atoms with Crippen molar-refractivity contribution in [2.24, 2.45) is 5.92 Å². The van der Waals surface area contributed by atoms with Gasteiger partial charge in [0.25, 0.3) is 0 Å². The molecule has 0 saturated carbocycles. The van der Waals surface area contributed by atoms with Crippen LogP contribution in [0.4, 0.5) is 5.82 Å². The fourth-order valence-electron chi connectivity index (χ4n) is 2.55. The Balaban J connectivity index is 2.00. The smallest absolute Gasteiger partial charge is 0.326 e. The van der Waals surface area contributed by atoms with Crippen molar-refractivity contribution in [2.75, 3.05) is 5.32 Å². The Morgan fingerprint density at radius 1 is 1.29 bits per heavy atom. The van der Waals surface area contributed by atoms with E-state index in [1.807, 2.05) is 50.2 Å². The average molecular weight is 341 g/mol. The second kappa shape index (κ2) is 6.97. The van der Waals surface area contributed by atoms with Crippen molar-refractivity contribution in [3.63, 3.8) is 0 Å². The van der Waals surface area contributed by atoms with Crippen LogP contribution in [0.25, 0.3) is 20.7 Å². The number of hydrogen-bond donors (Lipinski definition) is 2. The van der Waals surface area contributed by atoms with Gasteiger partial charge in [-0.05, 0) is 17.5 Å². The molecule has 2 heterocycles. The standard InChI is InChI=1S/C18H19N3O2S/c1-3-11(2)15(18(22)23)21-16-13-9-14(12-7-5-4-6-8-12)24-17(13)20-10-19-16/h4-11,15H,3H2,1-2H3,(H,22,23)(H,19,20,21). The van der Waals surface area contributed by atoms with Gasteiger partial charge in [-0.3, -0.25) is 0 Å². The minimum atomic E-state index is -0.866. The second-order valence-electron chi connectivity index (χ2n) is 5.76. The van der Waals surface area contributed by atoms with Crippen LogP contribution in [0.15, 0.2) is 42.7 Å². The van der Waals surface area contributed by atoms with Gasteiger partial charge in [-0.1, -0.05) is 50.6 Å². The Kier molecular flexibility index (Phi) is 4.76. The van der Waals surface area contributed by atoms with E-state index in [1.165, 1.54) is 6.33 Å². The van der Waals surface area contributed by atoms with E-state index < -0.39 is 12.0 Å². The first kappa shape index (κ1) is 16.4. The van der Waals surface area contributed by atoms with E-state index in [2.05, 4.69) is 15.3 Å². The quantitative estimate of drug-likeness (QED) is 0.700. The highest BCUT2D eigenvalue weighted by molar-refractivity contribution is 7.21. The Labute approximate surface area is 144 Å². The molecule has 2 aromatic heterocycles. The van der Waals surface area contributed by atoms with Crippen molar-refractivity contribution < 1.29 is 9.90 Å². The molecule has 6 heteroatoms. The van der Waals surface area contributed by atoms with Crippen LogP contribution < -0.4 is 5.32 Å². The summed E-state index contributed by atoms with van der Waals surface area (Å²) in [7, 11) is 0. The summed E-state index contributed by atoms with van der Waals surface area (Å²) in [5.74, 6) is -0.291. The van der Waals surface area contributed by atoms with E-state index in [0.717, 1.165) is 27.1 Å². The minimum absolute atomic E-state index is 0.000236. The largest absolute Gasteiger partial charge is 0.480 e. The van der Waals surface area contributed by atoms with Gasteiger partial charge in [-0.15, -0.1) is 11.3 Å². The maximum Gasteiger partial charge on any atom is 0.326 e. The third-order valence-electron chi connectivity index (χ3n) is 4.16. The normalized spacial score (nSPS) is 13.6. The number of thiophene rings is 1.